The van der Waals surface area contributed by atoms with Gasteiger partial charge in [-0.2, -0.15) is 0 Å². The Balaban J connectivity index is 1.29. The highest BCUT2D eigenvalue weighted by molar-refractivity contribution is 6.32. The Labute approximate surface area is 192 Å². The summed E-state index contributed by atoms with van der Waals surface area (Å²) >= 11 is 6.64. The first-order valence-electron chi connectivity index (χ1n) is 11.1. The SMILES string of the molecule is CC(C)ONC(=O)N1CCC2(CCc3cc(-c4ccc5nccn5c4Cl)ccc3O2)CC1. The molecular weight excluding hydrogens is 428 g/mol. The average Bonchev–Trinajstić information content (AvgIpc) is 3.28. The molecular formula is C24H27ClN4O3. The van der Waals surface area contributed by atoms with Gasteiger partial charge in [0, 0.05) is 43.9 Å². The summed E-state index contributed by atoms with van der Waals surface area (Å²) in [6.07, 6.45) is 7.08. The molecule has 1 spiro atoms. The number of amides is 2. The number of imidazole rings is 1. The van der Waals surface area contributed by atoms with E-state index in [0.29, 0.717) is 18.2 Å². The van der Waals surface area contributed by atoms with Crippen LogP contribution in [-0.4, -0.2) is 45.1 Å². The highest BCUT2D eigenvalue weighted by atomic mass is 35.5. The number of nitrogens with one attached hydrogen (secondary N) is 1. The van der Waals surface area contributed by atoms with Gasteiger partial charge in [0.05, 0.1) is 6.10 Å². The number of hydroxylamine groups is 1. The molecule has 0 radical (unpaired) electrons. The summed E-state index contributed by atoms with van der Waals surface area (Å²) in [6.45, 7) is 5.07. The van der Waals surface area contributed by atoms with Crippen molar-refractivity contribution in [3.05, 3.63) is 53.4 Å². The number of urea groups is 1. The lowest BCUT2D eigenvalue weighted by atomic mass is 9.82. The molecule has 0 saturated carbocycles. The number of fused-ring (bicyclic) bond motifs is 2. The van der Waals surface area contributed by atoms with Gasteiger partial charge in [-0.1, -0.05) is 17.7 Å². The third kappa shape index (κ3) is 3.91. The predicted molar refractivity (Wildman–Crippen MR) is 123 cm³/mol. The van der Waals surface area contributed by atoms with Crippen LogP contribution in [0.3, 0.4) is 0 Å². The van der Waals surface area contributed by atoms with Crippen LogP contribution >= 0.6 is 11.6 Å². The fraction of sp³-hybridized carbons (Fsp3) is 0.417. The summed E-state index contributed by atoms with van der Waals surface area (Å²) in [4.78, 5) is 23.6. The number of halogens is 1. The largest absolute Gasteiger partial charge is 0.487 e. The molecule has 8 heteroatoms. The molecule has 1 saturated heterocycles. The Kier molecular flexibility index (Phi) is 5.47. The number of carbonyl (C=O) groups excluding carboxylic acids is 1. The minimum absolute atomic E-state index is 0.0464. The van der Waals surface area contributed by atoms with Crippen molar-refractivity contribution in [2.75, 3.05) is 13.1 Å². The molecule has 0 bridgehead atoms. The quantitative estimate of drug-likeness (QED) is 0.453. The van der Waals surface area contributed by atoms with Crippen molar-refractivity contribution < 1.29 is 14.4 Å². The Morgan fingerprint density at radius 1 is 1.22 bits per heavy atom. The first kappa shape index (κ1) is 21.1. The number of likely N-dealkylation sites (tertiary alicyclic amines) is 1. The topological polar surface area (TPSA) is 68.1 Å². The van der Waals surface area contributed by atoms with Gasteiger partial charge in [0.2, 0.25) is 0 Å². The van der Waals surface area contributed by atoms with Gasteiger partial charge in [0.25, 0.3) is 0 Å². The Bertz CT molecular complexity index is 1150. The number of aromatic nitrogens is 2. The van der Waals surface area contributed by atoms with Crippen LogP contribution in [0.25, 0.3) is 16.8 Å². The number of carbonyl (C=O) groups is 1. The lowest BCUT2D eigenvalue weighted by molar-refractivity contribution is -0.0224. The smallest absolute Gasteiger partial charge is 0.341 e. The summed E-state index contributed by atoms with van der Waals surface area (Å²) in [7, 11) is 0. The summed E-state index contributed by atoms with van der Waals surface area (Å²) < 4.78 is 8.41. The van der Waals surface area contributed by atoms with Crippen LogP contribution in [0, 0.1) is 0 Å². The molecule has 1 fully saturated rings. The summed E-state index contributed by atoms with van der Waals surface area (Å²) in [5.74, 6) is 0.931. The normalized spacial score (nSPS) is 17.4. The van der Waals surface area contributed by atoms with E-state index < -0.39 is 0 Å². The van der Waals surface area contributed by atoms with Crippen LogP contribution in [0.1, 0.15) is 38.7 Å². The van der Waals surface area contributed by atoms with Gasteiger partial charge in [0.1, 0.15) is 22.2 Å². The minimum atomic E-state index is -0.211. The molecule has 3 aromatic rings. The van der Waals surface area contributed by atoms with Crippen molar-refractivity contribution in [2.24, 2.45) is 0 Å². The maximum Gasteiger partial charge on any atom is 0.341 e. The van der Waals surface area contributed by atoms with Crippen molar-refractivity contribution in [1.29, 1.82) is 0 Å². The van der Waals surface area contributed by atoms with Gasteiger partial charge in [-0.25, -0.2) is 15.3 Å². The molecule has 7 nitrogen and oxygen atoms in total. The number of hydrogen-bond acceptors (Lipinski definition) is 4. The van der Waals surface area contributed by atoms with Gasteiger partial charge in [0.15, 0.2) is 0 Å². The number of pyridine rings is 1. The predicted octanol–water partition coefficient (Wildman–Crippen LogP) is 4.86. The highest BCUT2D eigenvalue weighted by Gasteiger charge is 2.40. The second-order valence-electron chi connectivity index (χ2n) is 8.86. The van der Waals surface area contributed by atoms with Crippen molar-refractivity contribution >= 4 is 23.3 Å². The van der Waals surface area contributed by atoms with Crippen molar-refractivity contribution in [3.63, 3.8) is 0 Å². The molecule has 1 N–H and O–H groups in total. The first-order chi connectivity index (χ1) is 15.4. The summed E-state index contributed by atoms with van der Waals surface area (Å²) in [6, 6.07) is 10.1. The fourth-order valence-electron chi connectivity index (χ4n) is 4.57. The molecule has 0 aliphatic carbocycles. The third-order valence-corrected chi connectivity index (χ3v) is 6.78. The van der Waals surface area contributed by atoms with Gasteiger partial charge < -0.3 is 9.64 Å². The Morgan fingerprint density at radius 3 is 2.81 bits per heavy atom. The molecule has 4 heterocycles. The highest BCUT2D eigenvalue weighted by Crippen LogP contribution is 2.41. The second-order valence-corrected chi connectivity index (χ2v) is 9.22. The van der Waals surface area contributed by atoms with Crippen LogP contribution in [0.4, 0.5) is 4.79 Å². The zero-order valence-corrected chi connectivity index (χ0v) is 19.1. The number of piperidine rings is 1. The summed E-state index contributed by atoms with van der Waals surface area (Å²) in [5.41, 5.74) is 6.38. The van der Waals surface area contributed by atoms with E-state index in [1.54, 1.807) is 11.1 Å². The van der Waals surface area contributed by atoms with Crippen LogP contribution in [0.2, 0.25) is 5.15 Å². The van der Waals surface area contributed by atoms with Crippen molar-refractivity contribution in [1.82, 2.24) is 19.8 Å². The second kappa shape index (κ2) is 8.30. The fourth-order valence-corrected chi connectivity index (χ4v) is 4.88. The van der Waals surface area contributed by atoms with Crippen LogP contribution in [0.5, 0.6) is 5.75 Å². The van der Waals surface area contributed by atoms with E-state index in [-0.39, 0.29) is 17.7 Å². The van der Waals surface area contributed by atoms with Crippen molar-refractivity contribution in [3.8, 4) is 16.9 Å². The van der Waals surface area contributed by atoms with Crippen LogP contribution in [-0.2, 0) is 11.3 Å². The molecule has 2 aromatic heterocycles. The number of aryl methyl sites for hydroxylation is 1. The first-order valence-corrected chi connectivity index (χ1v) is 11.5. The number of rotatable bonds is 3. The maximum absolute atomic E-state index is 12.3. The average molecular weight is 455 g/mol. The van der Waals surface area contributed by atoms with E-state index in [4.69, 9.17) is 21.2 Å². The zero-order valence-electron chi connectivity index (χ0n) is 18.3. The van der Waals surface area contributed by atoms with Crippen LogP contribution < -0.4 is 10.2 Å². The van der Waals surface area contributed by atoms with Crippen LogP contribution in [0.15, 0.2) is 42.7 Å². The number of nitrogens with zero attached hydrogens (tertiary/aromatic N) is 3. The molecule has 2 aliphatic heterocycles. The van der Waals surface area contributed by atoms with E-state index in [1.807, 2.05) is 36.6 Å². The number of benzene rings is 1. The minimum Gasteiger partial charge on any atom is -0.487 e. The molecule has 168 valence electrons. The maximum atomic E-state index is 12.3. The summed E-state index contributed by atoms with van der Waals surface area (Å²) in [5, 5.41) is 0.653. The molecule has 5 rings (SSSR count). The molecule has 1 aromatic carbocycles. The standard InChI is InChI=1S/C24H27ClN4O3/c1-16(2)32-27-23(30)28-12-9-24(10-13-28)8-7-18-15-17(3-5-20(18)31-24)19-4-6-21-26-11-14-29(21)22(19)25/h3-6,11,14-16H,7-10,12-13H2,1-2H3,(H,27,30). The molecule has 0 atom stereocenters. The van der Waals surface area contributed by atoms with Gasteiger partial charge in [-0.05, 0) is 62.1 Å². The molecule has 0 unspecified atom stereocenters. The lowest BCUT2D eigenvalue weighted by Gasteiger charge is -2.44. The van der Waals surface area contributed by atoms with Gasteiger partial charge in [-0.3, -0.25) is 9.24 Å². The van der Waals surface area contributed by atoms with E-state index in [0.717, 1.165) is 48.2 Å². The lowest BCUT2D eigenvalue weighted by Crippen LogP contribution is -2.53. The van der Waals surface area contributed by atoms with E-state index in [1.165, 1.54) is 5.56 Å². The molecule has 2 aliphatic rings. The van der Waals surface area contributed by atoms with Gasteiger partial charge >= 0.3 is 6.03 Å². The number of ether oxygens (including phenoxy) is 1. The molecule has 32 heavy (non-hydrogen) atoms. The van der Waals surface area contributed by atoms with E-state index in [2.05, 4.69) is 28.7 Å². The molecule has 2 amide bonds. The number of hydrogen-bond donors (Lipinski definition) is 1. The monoisotopic (exact) mass is 454 g/mol. The van der Waals surface area contributed by atoms with Gasteiger partial charge in [-0.15, -0.1) is 0 Å². The Hall–Kier alpha value is -2.77. The third-order valence-electron chi connectivity index (χ3n) is 6.39. The van der Waals surface area contributed by atoms with Crippen molar-refractivity contribution in [2.45, 2.75) is 51.2 Å². The Morgan fingerprint density at radius 2 is 2.03 bits per heavy atom. The zero-order chi connectivity index (χ0) is 22.3. The van der Waals surface area contributed by atoms with E-state index >= 15 is 0 Å². The van der Waals surface area contributed by atoms with E-state index in [9.17, 15) is 4.79 Å².